The van der Waals surface area contributed by atoms with E-state index in [1.54, 1.807) is 5.56 Å². The standard InChI is InChI=1S/C14H16N2/c1-2-4-12-10(3-1)11-7-9-5-6-15-13(8-9)14(11)16-12/h1-4,9,13,15-16H,5-8H2. The fraction of sp³-hybridized carbons (Fsp3) is 0.429. The lowest BCUT2D eigenvalue weighted by atomic mass is 9.79. The van der Waals surface area contributed by atoms with Gasteiger partial charge in [-0.25, -0.2) is 0 Å². The number of benzene rings is 1. The monoisotopic (exact) mass is 212 g/mol. The lowest BCUT2D eigenvalue weighted by molar-refractivity contribution is 0.280. The van der Waals surface area contributed by atoms with Gasteiger partial charge in [-0.3, -0.25) is 0 Å². The summed E-state index contributed by atoms with van der Waals surface area (Å²) in [5.41, 5.74) is 4.34. The van der Waals surface area contributed by atoms with Crippen molar-refractivity contribution in [3.8, 4) is 0 Å². The second-order valence-electron chi connectivity index (χ2n) is 5.16. The van der Waals surface area contributed by atoms with Crippen LogP contribution >= 0.6 is 0 Å². The molecule has 16 heavy (non-hydrogen) atoms. The van der Waals surface area contributed by atoms with Crippen molar-refractivity contribution < 1.29 is 0 Å². The zero-order valence-corrected chi connectivity index (χ0v) is 9.29. The lowest BCUT2D eigenvalue weighted by Gasteiger charge is -2.35. The van der Waals surface area contributed by atoms with Crippen LogP contribution < -0.4 is 5.32 Å². The first kappa shape index (κ1) is 8.82. The second kappa shape index (κ2) is 3.11. The molecule has 2 heteroatoms. The highest BCUT2D eigenvalue weighted by atomic mass is 15.0. The molecule has 0 saturated carbocycles. The number of aromatic amines is 1. The zero-order chi connectivity index (χ0) is 10.5. The molecule has 2 N–H and O–H groups in total. The number of hydrogen-bond donors (Lipinski definition) is 2. The topological polar surface area (TPSA) is 27.8 Å². The Kier molecular flexibility index (Phi) is 1.71. The number of nitrogens with one attached hydrogen (secondary N) is 2. The molecule has 0 amide bonds. The van der Waals surface area contributed by atoms with Crippen molar-refractivity contribution in [1.29, 1.82) is 0 Å². The van der Waals surface area contributed by atoms with Crippen molar-refractivity contribution in [2.45, 2.75) is 25.3 Å². The molecule has 2 unspecified atom stereocenters. The number of H-pyrrole nitrogens is 1. The molecule has 1 saturated heterocycles. The molecule has 4 rings (SSSR count). The lowest BCUT2D eigenvalue weighted by Crippen LogP contribution is -2.36. The van der Waals surface area contributed by atoms with Crippen molar-refractivity contribution in [2.24, 2.45) is 5.92 Å². The molecule has 1 aromatic heterocycles. The number of piperidine rings is 1. The average molecular weight is 212 g/mol. The van der Waals surface area contributed by atoms with Crippen LogP contribution in [0.5, 0.6) is 0 Å². The van der Waals surface area contributed by atoms with Crippen LogP contribution in [0.4, 0.5) is 0 Å². The first-order valence-electron chi connectivity index (χ1n) is 6.24. The van der Waals surface area contributed by atoms with Crippen molar-refractivity contribution >= 4 is 10.9 Å². The summed E-state index contributed by atoms with van der Waals surface area (Å²) < 4.78 is 0. The molecular weight excluding hydrogens is 196 g/mol. The minimum atomic E-state index is 0.579. The number of fused-ring (bicyclic) bond motifs is 6. The Morgan fingerprint density at radius 1 is 1.19 bits per heavy atom. The van der Waals surface area contributed by atoms with E-state index in [1.165, 1.54) is 42.4 Å². The predicted octanol–water partition coefficient (Wildman–Crippen LogP) is 2.76. The summed E-state index contributed by atoms with van der Waals surface area (Å²) in [5.74, 6) is 0.901. The summed E-state index contributed by atoms with van der Waals surface area (Å²) in [7, 11) is 0. The van der Waals surface area contributed by atoms with Gasteiger partial charge < -0.3 is 10.3 Å². The molecule has 2 atom stereocenters. The van der Waals surface area contributed by atoms with Crippen LogP contribution in [0.1, 0.15) is 30.1 Å². The Morgan fingerprint density at radius 2 is 2.12 bits per heavy atom. The molecule has 0 spiro atoms. The van der Waals surface area contributed by atoms with Crippen LogP contribution in [0.25, 0.3) is 10.9 Å². The zero-order valence-electron chi connectivity index (χ0n) is 9.29. The third-order valence-corrected chi connectivity index (χ3v) is 4.20. The maximum absolute atomic E-state index is 3.64. The van der Waals surface area contributed by atoms with E-state index < -0.39 is 0 Å². The predicted molar refractivity (Wildman–Crippen MR) is 65.5 cm³/mol. The van der Waals surface area contributed by atoms with E-state index in [0.717, 1.165) is 5.92 Å². The quantitative estimate of drug-likeness (QED) is 0.690. The van der Waals surface area contributed by atoms with Crippen LogP contribution in [-0.4, -0.2) is 11.5 Å². The number of hydrogen-bond acceptors (Lipinski definition) is 1. The van der Waals surface area contributed by atoms with Gasteiger partial charge in [0.15, 0.2) is 0 Å². The Morgan fingerprint density at radius 3 is 3.12 bits per heavy atom. The van der Waals surface area contributed by atoms with Gasteiger partial charge in [-0.2, -0.15) is 0 Å². The molecule has 2 nitrogen and oxygen atoms in total. The van der Waals surface area contributed by atoms with Crippen molar-refractivity contribution in [3.05, 3.63) is 35.5 Å². The van der Waals surface area contributed by atoms with Gasteiger partial charge in [0.25, 0.3) is 0 Å². The van der Waals surface area contributed by atoms with Gasteiger partial charge in [0.05, 0.1) is 0 Å². The minimum Gasteiger partial charge on any atom is -0.357 e. The van der Waals surface area contributed by atoms with Gasteiger partial charge in [-0.15, -0.1) is 0 Å². The molecule has 1 aromatic carbocycles. The van der Waals surface area contributed by atoms with E-state index >= 15 is 0 Å². The molecule has 82 valence electrons. The Hall–Kier alpha value is -1.28. The maximum atomic E-state index is 3.64. The van der Waals surface area contributed by atoms with E-state index in [4.69, 9.17) is 0 Å². The fourth-order valence-corrected chi connectivity index (χ4v) is 3.43. The molecule has 2 aliphatic rings. The summed E-state index contributed by atoms with van der Waals surface area (Å²) in [6, 6.07) is 9.29. The largest absolute Gasteiger partial charge is 0.357 e. The van der Waals surface area contributed by atoms with Gasteiger partial charge in [-0.05, 0) is 43.4 Å². The highest BCUT2D eigenvalue weighted by molar-refractivity contribution is 5.85. The Bertz CT molecular complexity index is 541. The SMILES string of the molecule is c1ccc2c3c([nH]c2c1)C1CC(CCN1)C3. The van der Waals surface area contributed by atoms with Gasteiger partial charge in [-0.1, -0.05) is 18.2 Å². The van der Waals surface area contributed by atoms with Gasteiger partial charge >= 0.3 is 0 Å². The van der Waals surface area contributed by atoms with Crippen molar-refractivity contribution in [2.75, 3.05) is 6.54 Å². The number of aromatic nitrogens is 1. The normalized spacial score (nSPS) is 28.0. The molecule has 0 radical (unpaired) electrons. The number of rotatable bonds is 0. The first-order chi connectivity index (χ1) is 7.92. The molecule has 2 bridgehead atoms. The van der Waals surface area contributed by atoms with E-state index in [0.29, 0.717) is 6.04 Å². The van der Waals surface area contributed by atoms with E-state index in [9.17, 15) is 0 Å². The van der Waals surface area contributed by atoms with Gasteiger partial charge in [0.2, 0.25) is 0 Å². The van der Waals surface area contributed by atoms with Gasteiger partial charge in [0.1, 0.15) is 0 Å². The Labute approximate surface area is 95.1 Å². The molecule has 1 aliphatic heterocycles. The van der Waals surface area contributed by atoms with E-state index in [1.807, 2.05) is 0 Å². The van der Waals surface area contributed by atoms with Crippen LogP contribution in [0.2, 0.25) is 0 Å². The van der Waals surface area contributed by atoms with Crippen LogP contribution in [0.15, 0.2) is 24.3 Å². The summed E-state index contributed by atoms with van der Waals surface area (Å²) in [6.45, 7) is 1.18. The Balaban J connectivity index is 1.97. The van der Waals surface area contributed by atoms with Crippen LogP contribution in [0.3, 0.4) is 0 Å². The van der Waals surface area contributed by atoms with Crippen LogP contribution in [0, 0.1) is 5.92 Å². The van der Waals surface area contributed by atoms with E-state index in [2.05, 4.69) is 34.6 Å². The average Bonchev–Trinajstić information content (AvgIpc) is 2.69. The maximum Gasteiger partial charge on any atom is 0.0478 e. The molecule has 2 heterocycles. The molecule has 2 aromatic rings. The van der Waals surface area contributed by atoms with Crippen LogP contribution in [-0.2, 0) is 6.42 Å². The third kappa shape index (κ3) is 1.11. The highest BCUT2D eigenvalue weighted by Gasteiger charge is 2.32. The summed E-state index contributed by atoms with van der Waals surface area (Å²) in [6.07, 6.45) is 3.94. The number of para-hydroxylation sites is 1. The minimum absolute atomic E-state index is 0.579. The smallest absolute Gasteiger partial charge is 0.0478 e. The molecule has 1 fully saturated rings. The second-order valence-corrected chi connectivity index (χ2v) is 5.16. The summed E-state index contributed by atoms with van der Waals surface area (Å²) >= 11 is 0. The molecular formula is C14H16N2. The molecule has 1 aliphatic carbocycles. The first-order valence-corrected chi connectivity index (χ1v) is 6.24. The fourth-order valence-electron chi connectivity index (χ4n) is 3.43. The van der Waals surface area contributed by atoms with Gasteiger partial charge in [0, 0.05) is 22.6 Å². The third-order valence-electron chi connectivity index (χ3n) is 4.20. The van der Waals surface area contributed by atoms with E-state index in [-0.39, 0.29) is 0 Å². The summed E-state index contributed by atoms with van der Waals surface area (Å²) in [4.78, 5) is 3.61. The van der Waals surface area contributed by atoms with Crippen molar-refractivity contribution in [3.63, 3.8) is 0 Å². The summed E-state index contributed by atoms with van der Waals surface area (Å²) in [5, 5.41) is 5.08. The highest BCUT2D eigenvalue weighted by Crippen LogP contribution is 2.40. The van der Waals surface area contributed by atoms with Crippen molar-refractivity contribution in [1.82, 2.24) is 10.3 Å².